The van der Waals surface area contributed by atoms with Gasteiger partial charge in [-0.05, 0) is 12.3 Å². The van der Waals surface area contributed by atoms with E-state index in [1.165, 1.54) is 13.1 Å². The number of fused-ring (bicyclic) bond motifs is 3. The Hall–Kier alpha value is -1.20. The molecule has 0 aromatic carbocycles. The minimum absolute atomic E-state index is 0.369. The zero-order valence-electron chi connectivity index (χ0n) is 13.5. The number of nitrogens with one attached hydrogen (secondary N) is 1. The van der Waals surface area contributed by atoms with Crippen LogP contribution in [0.3, 0.4) is 0 Å². The normalized spacial score (nSPS) is 28.1. The Morgan fingerprint density at radius 1 is 1.24 bits per heavy atom. The average Bonchev–Trinajstić information content (AvgIpc) is 2.53. The molecule has 21 heavy (non-hydrogen) atoms. The Bertz CT molecular complexity index is 480. The van der Waals surface area contributed by atoms with Crippen molar-refractivity contribution in [3.05, 3.63) is 17.6 Å². The summed E-state index contributed by atoms with van der Waals surface area (Å²) in [6.45, 7) is 13.3. The van der Waals surface area contributed by atoms with Gasteiger partial charge in [0.1, 0.15) is 11.6 Å². The fourth-order valence-corrected chi connectivity index (χ4v) is 3.14. The second-order valence-corrected chi connectivity index (χ2v) is 6.47. The molecular formula is C16H27N5. The van der Waals surface area contributed by atoms with Gasteiger partial charge in [-0.2, -0.15) is 0 Å². The maximum absolute atomic E-state index is 4.86. The smallest absolute Gasteiger partial charge is 0.149 e. The van der Waals surface area contributed by atoms with Crippen molar-refractivity contribution in [2.24, 2.45) is 0 Å². The van der Waals surface area contributed by atoms with E-state index in [1.807, 2.05) is 0 Å². The van der Waals surface area contributed by atoms with Gasteiger partial charge in [-0.25, -0.2) is 9.97 Å². The Balaban J connectivity index is 1.87. The highest BCUT2D eigenvalue weighted by Crippen LogP contribution is 2.28. The Morgan fingerprint density at radius 2 is 2.00 bits per heavy atom. The SMILES string of the molecule is CCCNc1cc(C(C)C)nc(C2CN3CCN2CC3)n1. The first-order valence-corrected chi connectivity index (χ1v) is 8.26. The van der Waals surface area contributed by atoms with E-state index >= 15 is 0 Å². The fourth-order valence-electron chi connectivity index (χ4n) is 3.14. The van der Waals surface area contributed by atoms with E-state index in [4.69, 9.17) is 9.97 Å². The zero-order valence-corrected chi connectivity index (χ0v) is 13.5. The summed E-state index contributed by atoms with van der Waals surface area (Å²) in [4.78, 5) is 14.8. The molecule has 1 atom stereocenters. The summed E-state index contributed by atoms with van der Waals surface area (Å²) in [6.07, 6.45) is 1.11. The number of nitrogens with zero attached hydrogens (tertiary/aromatic N) is 4. The predicted molar refractivity (Wildman–Crippen MR) is 85.7 cm³/mol. The predicted octanol–water partition coefficient (Wildman–Crippen LogP) is 2.09. The third-order valence-electron chi connectivity index (χ3n) is 4.49. The van der Waals surface area contributed by atoms with Crippen molar-refractivity contribution in [2.45, 2.75) is 39.2 Å². The lowest BCUT2D eigenvalue weighted by molar-refractivity contribution is 0.00860. The summed E-state index contributed by atoms with van der Waals surface area (Å²) in [6, 6.07) is 2.48. The maximum atomic E-state index is 4.86. The molecule has 0 saturated carbocycles. The highest BCUT2D eigenvalue weighted by molar-refractivity contribution is 5.37. The van der Waals surface area contributed by atoms with Gasteiger partial charge in [0.2, 0.25) is 0 Å². The molecule has 2 bridgehead atoms. The Kier molecular flexibility index (Phi) is 4.40. The number of hydrogen-bond donors (Lipinski definition) is 1. The monoisotopic (exact) mass is 289 g/mol. The van der Waals surface area contributed by atoms with Crippen LogP contribution in [0.2, 0.25) is 0 Å². The summed E-state index contributed by atoms with van der Waals surface area (Å²) in [7, 11) is 0. The standard InChI is InChI=1S/C16H27N5/c1-4-5-17-15-10-13(12(2)3)18-16(19-15)14-11-20-6-8-21(14)9-7-20/h10,12,14H,4-9,11H2,1-3H3,(H,17,18,19). The van der Waals surface area contributed by atoms with Crippen LogP contribution >= 0.6 is 0 Å². The van der Waals surface area contributed by atoms with Gasteiger partial charge in [0, 0.05) is 51.0 Å². The summed E-state index contributed by atoms with van der Waals surface area (Å²) in [5.41, 5.74) is 1.15. The van der Waals surface area contributed by atoms with Crippen LogP contribution in [-0.2, 0) is 0 Å². The van der Waals surface area contributed by atoms with Gasteiger partial charge in [0.05, 0.1) is 6.04 Å². The number of hydrogen-bond acceptors (Lipinski definition) is 5. The molecule has 5 nitrogen and oxygen atoms in total. The van der Waals surface area contributed by atoms with Gasteiger partial charge in [0.15, 0.2) is 0 Å². The van der Waals surface area contributed by atoms with Crippen molar-refractivity contribution in [1.82, 2.24) is 19.8 Å². The molecule has 4 heterocycles. The molecular weight excluding hydrogens is 262 g/mol. The third kappa shape index (κ3) is 3.19. The number of rotatable bonds is 5. The average molecular weight is 289 g/mol. The summed E-state index contributed by atoms with van der Waals surface area (Å²) in [5, 5.41) is 3.43. The second kappa shape index (κ2) is 6.28. The molecule has 1 aromatic rings. The van der Waals surface area contributed by atoms with Crippen molar-refractivity contribution >= 4 is 5.82 Å². The first kappa shape index (κ1) is 14.7. The van der Waals surface area contributed by atoms with E-state index in [0.29, 0.717) is 12.0 Å². The lowest BCUT2D eigenvalue weighted by Crippen LogP contribution is -2.57. The summed E-state index contributed by atoms with van der Waals surface area (Å²) < 4.78 is 0. The number of anilines is 1. The van der Waals surface area contributed by atoms with Crippen LogP contribution in [-0.4, -0.2) is 59.0 Å². The van der Waals surface area contributed by atoms with Crippen molar-refractivity contribution in [1.29, 1.82) is 0 Å². The first-order chi connectivity index (χ1) is 10.2. The van der Waals surface area contributed by atoms with Gasteiger partial charge in [-0.1, -0.05) is 20.8 Å². The van der Waals surface area contributed by atoms with Crippen molar-refractivity contribution in [2.75, 3.05) is 44.6 Å². The molecule has 0 amide bonds. The van der Waals surface area contributed by atoms with Crippen molar-refractivity contribution < 1.29 is 0 Å². The fraction of sp³-hybridized carbons (Fsp3) is 0.750. The molecule has 4 rings (SSSR count). The number of aromatic nitrogens is 2. The second-order valence-electron chi connectivity index (χ2n) is 6.47. The molecule has 3 aliphatic heterocycles. The van der Waals surface area contributed by atoms with E-state index in [1.54, 1.807) is 0 Å². The van der Waals surface area contributed by atoms with Crippen LogP contribution in [0, 0.1) is 0 Å². The molecule has 5 heteroatoms. The third-order valence-corrected chi connectivity index (χ3v) is 4.49. The van der Waals surface area contributed by atoms with Crippen molar-refractivity contribution in [3.63, 3.8) is 0 Å². The summed E-state index contributed by atoms with van der Waals surface area (Å²) >= 11 is 0. The molecule has 0 spiro atoms. The van der Waals surface area contributed by atoms with Crippen LogP contribution in [0.15, 0.2) is 6.07 Å². The summed E-state index contributed by atoms with van der Waals surface area (Å²) in [5.74, 6) is 2.43. The van der Waals surface area contributed by atoms with Gasteiger partial charge in [-0.3, -0.25) is 9.80 Å². The minimum atomic E-state index is 0.369. The van der Waals surface area contributed by atoms with Gasteiger partial charge in [-0.15, -0.1) is 0 Å². The maximum Gasteiger partial charge on any atom is 0.149 e. The largest absolute Gasteiger partial charge is 0.370 e. The van der Waals surface area contributed by atoms with Crippen LogP contribution in [0.1, 0.15) is 50.7 Å². The Morgan fingerprint density at radius 3 is 2.57 bits per heavy atom. The lowest BCUT2D eigenvalue weighted by atomic mass is 10.1. The Labute approximate surface area is 127 Å². The molecule has 3 aliphatic rings. The minimum Gasteiger partial charge on any atom is -0.370 e. The van der Waals surface area contributed by atoms with E-state index in [2.05, 4.69) is 42.0 Å². The highest BCUT2D eigenvalue weighted by atomic mass is 15.4. The van der Waals surface area contributed by atoms with E-state index < -0.39 is 0 Å². The molecule has 116 valence electrons. The molecule has 3 fully saturated rings. The van der Waals surface area contributed by atoms with Gasteiger partial charge in [0.25, 0.3) is 0 Å². The van der Waals surface area contributed by atoms with Gasteiger partial charge >= 0.3 is 0 Å². The first-order valence-electron chi connectivity index (χ1n) is 8.26. The van der Waals surface area contributed by atoms with Crippen LogP contribution in [0.25, 0.3) is 0 Å². The number of piperazine rings is 3. The molecule has 3 saturated heterocycles. The quantitative estimate of drug-likeness (QED) is 0.899. The highest BCUT2D eigenvalue weighted by Gasteiger charge is 2.34. The lowest BCUT2D eigenvalue weighted by Gasteiger charge is -2.46. The molecule has 0 radical (unpaired) electrons. The van der Waals surface area contributed by atoms with E-state index in [9.17, 15) is 0 Å². The van der Waals surface area contributed by atoms with Crippen molar-refractivity contribution in [3.8, 4) is 0 Å². The van der Waals surface area contributed by atoms with Crippen LogP contribution in [0.4, 0.5) is 5.82 Å². The molecule has 0 aliphatic carbocycles. The van der Waals surface area contributed by atoms with E-state index in [0.717, 1.165) is 49.9 Å². The van der Waals surface area contributed by atoms with Crippen LogP contribution < -0.4 is 5.32 Å². The van der Waals surface area contributed by atoms with Gasteiger partial charge < -0.3 is 5.32 Å². The van der Waals surface area contributed by atoms with Crippen LogP contribution in [0.5, 0.6) is 0 Å². The zero-order chi connectivity index (χ0) is 14.8. The topological polar surface area (TPSA) is 44.3 Å². The molecule has 1 aromatic heterocycles. The molecule has 1 N–H and O–H groups in total. The van der Waals surface area contributed by atoms with E-state index in [-0.39, 0.29) is 0 Å². The molecule has 1 unspecified atom stereocenters.